The maximum absolute atomic E-state index is 13.2. The van der Waals surface area contributed by atoms with E-state index in [0.717, 1.165) is 9.65 Å². The molecule has 3 aromatic carbocycles. The smallest absolute Gasteiger partial charge is 0.283 e. The summed E-state index contributed by atoms with van der Waals surface area (Å²) in [5.41, 5.74) is 0.853. The van der Waals surface area contributed by atoms with Crippen molar-refractivity contribution in [1.29, 1.82) is 0 Å². The molecule has 1 heterocycles. The second kappa shape index (κ2) is 9.08. The molecule has 0 spiro atoms. The van der Waals surface area contributed by atoms with E-state index in [1.807, 2.05) is 6.92 Å². The minimum Gasteiger partial charge on any atom is -0.490 e. The van der Waals surface area contributed by atoms with Gasteiger partial charge in [0, 0.05) is 17.2 Å². The van der Waals surface area contributed by atoms with E-state index in [9.17, 15) is 18.5 Å². The summed E-state index contributed by atoms with van der Waals surface area (Å²) in [4.78, 5) is 10.7. The first kappa shape index (κ1) is 22.6. The van der Waals surface area contributed by atoms with Crippen LogP contribution in [0.15, 0.2) is 71.6 Å². The maximum Gasteiger partial charge on any atom is 0.283 e. The Morgan fingerprint density at radius 3 is 2.33 bits per heavy atom. The van der Waals surface area contributed by atoms with Crippen LogP contribution in [-0.2, 0) is 10.0 Å². The molecule has 0 unspecified atom stereocenters. The number of non-ortho nitro benzene ring substituents is 1. The number of nitro benzene ring substituents is 1. The normalized spacial score (nSPS) is 11.5. The van der Waals surface area contributed by atoms with Crippen LogP contribution in [0.1, 0.15) is 5.56 Å². The topological polar surface area (TPSA) is 114 Å². The number of ether oxygens (including phenoxy) is 2. The zero-order chi connectivity index (χ0) is 23.6. The van der Waals surface area contributed by atoms with Gasteiger partial charge in [0.25, 0.3) is 15.7 Å². The van der Waals surface area contributed by atoms with Crippen molar-refractivity contribution in [3.8, 4) is 11.6 Å². The van der Waals surface area contributed by atoms with E-state index < -0.39 is 14.9 Å². The summed E-state index contributed by atoms with van der Waals surface area (Å²) in [5.74, 6) is 0.528. The van der Waals surface area contributed by atoms with E-state index in [2.05, 4.69) is 5.10 Å². The number of nitro groups is 1. The number of hydrogen-bond donors (Lipinski definition) is 0. The summed E-state index contributed by atoms with van der Waals surface area (Å²) in [6, 6.07) is 16.9. The van der Waals surface area contributed by atoms with Crippen molar-refractivity contribution in [3.05, 3.63) is 87.4 Å². The third-order valence-corrected chi connectivity index (χ3v) is 6.61. The fourth-order valence-electron chi connectivity index (χ4n) is 3.09. The summed E-state index contributed by atoms with van der Waals surface area (Å²) in [5, 5.41) is 16.1. The van der Waals surface area contributed by atoms with Crippen molar-refractivity contribution in [2.24, 2.45) is 0 Å². The molecule has 1 aromatic heterocycles. The lowest BCUT2D eigenvalue weighted by Gasteiger charge is -2.07. The van der Waals surface area contributed by atoms with E-state index in [1.54, 1.807) is 36.4 Å². The maximum atomic E-state index is 13.2. The van der Waals surface area contributed by atoms with Crippen LogP contribution in [0.25, 0.3) is 10.9 Å². The monoisotopic (exact) mass is 487 g/mol. The zero-order valence-electron chi connectivity index (χ0n) is 17.3. The van der Waals surface area contributed by atoms with E-state index in [0.29, 0.717) is 10.8 Å². The Morgan fingerprint density at radius 2 is 1.67 bits per heavy atom. The highest BCUT2D eigenvalue weighted by molar-refractivity contribution is 7.90. The Balaban J connectivity index is 1.65. The van der Waals surface area contributed by atoms with Gasteiger partial charge < -0.3 is 9.47 Å². The lowest BCUT2D eigenvalue weighted by molar-refractivity contribution is -0.384. The predicted molar refractivity (Wildman–Crippen MR) is 123 cm³/mol. The number of nitrogens with zero attached hydrogens (tertiary/aromatic N) is 3. The average Bonchev–Trinajstić information content (AvgIpc) is 3.17. The molecule has 0 amide bonds. The van der Waals surface area contributed by atoms with Gasteiger partial charge in [0.15, 0.2) is 0 Å². The SMILES string of the molecule is Cc1ccc(S(=O)(=O)n2nc(OCCOc3ccc(Cl)cc3)c3cc([N+](=O)[O-])ccc32)cc1. The van der Waals surface area contributed by atoms with Crippen molar-refractivity contribution in [2.45, 2.75) is 11.8 Å². The van der Waals surface area contributed by atoms with Gasteiger partial charge in [-0.25, -0.2) is 0 Å². The summed E-state index contributed by atoms with van der Waals surface area (Å²) < 4.78 is 38.5. The van der Waals surface area contributed by atoms with Gasteiger partial charge in [-0.1, -0.05) is 29.3 Å². The lowest BCUT2D eigenvalue weighted by atomic mass is 10.2. The highest BCUT2D eigenvalue weighted by atomic mass is 35.5. The first-order chi connectivity index (χ1) is 15.8. The van der Waals surface area contributed by atoms with Crippen LogP contribution < -0.4 is 9.47 Å². The molecule has 0 aliphatic rings. The number of fused-ring (bicyclic) bond motifs is 1. The Hall–Kier alpha value is -3.63. The number of benzene rings is 3. The third-order valence-electron chi connectivity index (χ3n) is 4.76. The standard InChI is InChI=1S/C22H18ClN3O6S/c1-15-2-9-19(10-3-15)33(29,30)25-21-11-6-17(26(27)28)14-20(21)22(24-25)32-13-12-31-18-7-4-16(23)5-8-18/h2-11,14H,12-13H2,1H3. The van der Waals surface area contributed by atoms with Crippen molar-refractivity contribution < 1.29 is 22.8 Å². The lowest BCUT2D eigenvalue weighted by Crippen LogP contribution is -2.15. The molecule has 4 aromatic rings. The predicted octanol–water partition coefficient (Wildman–Crippen LogP) is 4.60. The van der Waals surface area contributed by atoms with Crippen LogP contribution in [0.4, 0.5) is 5.69 Å². The highest BCUT2D eigenvalue weighted by Crippen LogP contribution is 2.31. The molecule has 0 radical (unpaired) electrons. The summed E-state index contributed by atoms with van der Waals surface area (Å²) in [7, 11) is -4.06. The van der Waals surface area contributed by atoms with Crippen LogP contribution in [0, 0.1) is 17.0 Å². The first-order valence-corrected chi connectivity index (χ1v) is 11.6. The largest absolute Gasteiger partial charge is 0.490 e. The van der Waals surface area contributed by atoms with Crippen molar-refractivity contribution >= 4 is 38.2 Å². The molecule has 0 aliphatic heterocycles. The minimum absolute atomic E-state index is 0.0298. The van der Waals surface area contributed by atoms with Crippen LogP contribution in [-0.4, -0.2) is 35.7 Å². The first-order valence-electron chi connectivity index (χ1n) is 9.76. The molecule has 4 rings (SSSR count). The minimum atomic E-state index is -4.06. The van der Waals surface area contributed by atoms with Crippen molar-refractivity contribution in [3.63, 3.8) is 0 Å². The molecule has 11 heteroatoms. The molecule has 0 saturated heterocycles. The molecule has 9 nitrogen and oxygen atoms in total. The van der Waals surface area contributed by atoms with Crippen LogP contribution in [0.5, 0.6) is 11.6 Å². The van der Waals surface area contributed by atoms with Gasteiger partial charge in [-0.3, -0.25) is 10.1 Å². The van der Waals surface area contributed by atoms with Gasteiger partial charge in [0.05, 0.1) is 20.7 Å². The number of halogens is 1. The van der Waals surface area contributed by atoms with E-state index in [1.165, 1.54) is 30.3 Å². The number of aromatic nitrogens is 2. The van der Waals surface area contributed by atoms with Crippen LogP contribution in [0.2, 0.25) is 5.02 Å². The number of hydrogen-bond acceptors (Lipinski definition) is 7. The second-order valence-electron chi connectivity index (χ2n) is 7.08. The van der Waals surface area contributed by atoms with E-state index >= 15 is 0 Å². The Bertz CT molecular complexity index is 1420. The van der Waals surface area contributed by atoms with Gasteiger partial charge in [-0.15, -0.1) is 9.19 Å². The van der Waals surface area contributed by atoms with Gasteiger partial charge in [0.1, 0.15) is 19.0 Å². The quantitative estimate of drug-likeness (QED) is 0.203. The molecular weight excluding hydrogens is 470 g/mol. The summed E-state index contributed by atoms with van der Waals surface area (Å²) in [6.45, 7) is 2.01. The Kier molecular flexibility index (Phi) is 6.21. The fourth-order valence-corrected chi connectivity index (χ4v) is 4.50. The second-order valence-corrected chi connectivity index (χ2v) is 9.28. The van der Waals surface area contributed by atoms with Crippen molar-refractivity contribution in [2.75, 3.05) is 13.2 Å². The molecule has 0 bridgehead atoms. The molecule has 170 valence electrons. The number of rotatable bonds is 8. The number of aryl methyl sites for hydroxylation is 1. The van der Waals surface area contributed by atoms with Crippen molar-refractivity contribution in [1.82, 2.24) is 9.19 Å². The molecule has 0 saturated carbocycles. The highest BCUT2D eigenvalue weighted by Gasteiger charge is 2.25. The zero-order valence-corrected chi connectivity index (χ0v) is 18.9. The van der Waals surface area contributed by atoms with Gasteiger partial charge >= 0.3 is 0 Å². The Morgan fingerprint density at radius 1 is 1.00 bits per heavy atom. The Labute approximate surface area is 194 Å². The molecule has 0 atom stereocenters. The van der Waals surface area contributed by atoms with Crippen LogP contribution in [0.3, 0.4) is 0 Å². The van der Waals surface area contributed by atoms with E-state index in [4.69, 9.17) is 21.1 Å². The molecule has 33 heavy (non-hydrogen) atoms. The van der Waals surface area contributed by atoms with Gasteiger partial charge in [-0.2, -0.15) is 8.42 Å². The van der Waals surface area contributed by atoms with Crippen LogP contribution >= 0.6 is 11.6 Å². The summed E-state index contributed by atoms with van der Waals surface area (Å²) >= 11 is 5.85. The molecule has 0 aliphatic carbocycles. The van der Waals surface area contributed by atoms with Gasteiger partial charge in [0.2, 0.25) is 5.88 Å². The molecule has 0 N–H and O–H groups in total. The fraction of sp³-hybridized carbons (Fsp3) is 0.136. The molecule has 0 fully saturated rings. The van der Waals surface area contributed by atoms with E-state index in [-0.39, 0.29) is 40.6 Å². The summed E-state index contributed by atoms with van der Waals surface area (Å²) in [6.07, 6.45) is 0. The van der Waals surface area contributed by atoms with Gasteiger partial charge in [-0.05, 0) is 49.4 Å². The average molecular weight is 488 g/mol. The molecular formula is C22H18ClN3O6S. The third kappa shape index (κ3) is 4.76.